The van der Waals surface area contributed by atoms with Crippen LogP contribution in [0.15, 0.2) is 59.7 Å². The molecule has 5 heteroatoms. The van der Waals surface area contributed by atoms with Gasteiger partial charge < -0.3 is 0 Å². The summed E-state index contributed by atoms with van der Waals surface area (Å²) in [6.07, 6.45) is 1.62. The number of aryl methyl sites for hydroxylation is 1. The molecule has 132 valence electrons. The maximum absolute atomic E-state index is 12.2. The zero-order valence-corrected chi connectivity index (χ0v) is 15.2. The fraction of sp³-hybridized carbons (Fsp3) is 0.190. The Morgan fingerprint density at radius 2 is 1.81 bits per heavy atom. The largest absolute Gasteiger partial charge is 0.289 e. The smallest absolute Gasteiger partial charge is 0.272 e. The lowest BCUT2D eigenvalue weighted by Crippen LogP contribution is -2.18. The van der Waals surface area contributed by atoms with Gasteiger partial charge >= 0.3 is 0 Å². The number of benzene rings is 2. The molecule has 0 saturated heterocycles. The molecule has 0 aliphatic carbocycles. The first-order valence-electron chi connectivity index (χ1n) is 8.59. The molecule has 0 saturated carbocycles. The van der Waals surface area contributed by atoms with Crippen molar-refractivity contribution in [1.82, 2.24) is 15.6 Å². The summed E-state index contributed by atoms with van der Waals surface area (Å²) in [4.78, 5) is 12.2. The van der Waals surface area contributed by atoms with Gasteiger partial charge in [-0.2, -0.15) is 10.2 Å². The van der Waals surface area contributed by atoms with E-state index in [0.29, 0.717) is 11.6 Å². The van der Waals surface area contributed by atoms with Crippen molar-refractivity contribution in [2.45, 2.75) is 26.7 Å². The summed E-state index contributed by atoms with van der Waals surface area (Å²) >= 11 is 0. The van der Waals surface area contributed by atoms with E-state index in [0.717, 1.165) is 16.8 Å². The molecule has 2 aromatic carbocycles. The maximum Gasteiger partial charge on any atom is 0.289 e. The normalized spacial score (nSPS) is 11.2. The van der Waals surface area contributed by atoms with Gasteiger partial charge in [-0.1, -0.05) is 67.9 Å². The van der Waals surface area contributed by atoms with Gasteiger partial charge in [0.05, 0.1) is 11.9 Å². The van der Waals surface area contributed by atoms with Crippen LogP contribution >= 0.6 is 0 Å². The molecule has 1 amide bonds. The van der Waals surface area contributed by atoms with Gasteiger partial charge in [-0.3, -0.25) is 9.89 Å². The van der Waals surface area contributed by atoms with E-state index in [-0.39, 0.29) is 5.91 Å². The van der Waals surface area contributed by atoms with Crippen LogP contribution in [-0.2, 0) is 0 Å². The molecular formula is C21H22N4O. The van der Waals surface area contributed by atoms with Gasteiger partial charge in [0.15, 0.2) is 0 Å². The summed E-state index contributed by atoms with van der Waals surface area (Å²) in [6, 6.07) is 17.8. The van der Waals surface area contributed by atoms with Crippen LogP contribution in [0.2, 0.25) is 0 Å². The predicted octanol–water partition coefficient (Wildman–Crippen LogP) is 4.27. The highest BCUT2D eigenvalue weighted by atomic mass is 16.2. The average molecular weight is 346 g/mol. The number of rotatable bonds is 5. The van der Waals surface area contributed by atoms with E-state index in [1.807, 2.05) is 43.3 Å². The number of aromatic nitrogens is 2. The Bertz CT molecular complexity index is 906. The monoisotopic (exact) mass is 346 g/mol. The molecule has 5 nitrogen and oxygen atoms in total. The third kappa shape index (κ3) is 4.25. The number of carbonyl (C=O) groups is 1. The van der Waals surface area contributed by atoms with Crippen molar-refractivity contribution in [2.75, 3.05) is 0 Å². The van der Waals surface area contributed by atoms with E-state index in [2.05, 4.69) is 46.7 Å². The molecule has 1 aromatic heterocycles. The number of nitrogens with one attached hydrogen (secondary N) is 2. The van der Waals surface area contributed by atoms with Crippen molar-refractivity contribution < 1.29 is 4.79 Å². The number of aromatic amines is 1. The van der Waals surface area contributed by atoms with Crippen LogP contribution in [0.3, 0.4) is 0 Å². The number of carbonyl (C=O) groups excluding carboxylic acids is 1. The summed E-state index contributed by atoms with van der Waals surface area (Å²) in [6.45, 7) is 6.33. The summed E-state index contributed by atoms with van der Waals surface area (Å²) in [5, 5.41) is 11.0. The lowest BCUT2D eigenvalue weighted by atomic mass is 10.0. The molecule has 0 radical (unpaired) electrons. The SMILES string of the molecule is Cc1ccc(-c2cc(C(=O)NN=Cc3ccc(C(C)C)cc3)[nH]n2)cc1. The van der Waals surface area contributed by atoms with Crippen LogP contribution < -0.4 is 5.43 Å². The van der Waals surface area contributed by atoms with Crippen molar-refractivity contribution in [3.63, 3.8) is 0 Å². The van der Waals surface area contributed by atoms with E-state index >= 15 is 0 Å². The molecule has 0 spiro atoms. The highest BCUT2D eigenvalue weighted by Gasteiger charge is 2.10. The molecule has 0 unspecified atom stereocenters. The van der Waals surface area contributed by atoms with E-state index in [4.69, 9.17) is 0 Å². The molecule has 26 heavy (non-hydrogen) atoms. The fourth-order valence-electron chi connectivity index (χ4n) is 2.50. The first-order valence-corrected chi connectivity index (χ1v) is 8.59. The van der Waals surface area contributed by atoms with Crippen LogP contribution in [0.1, 0.15) is 46.9 Å². The van der Waals surface area contributed by atoms with Crippen molar-refractivity contribution in [2.24, 2.45) is 5.10 Å². The molecule has 0 aliphatic rings. The summed E-state index contributed by atoms with van der Waals surface area (Å²) in [7, 11) is 0. The number of nitrogens with zero attached hydrogens (tertiary/aromatic N) is 2. The van der Waals surface area contributed by atoms with Gasteiger partial charge in [0, 0.05) is 5.56 Å². The molecular weight excluding hydrogens is 324 g/mol. The molecule has 0 atom stereocenters. The third-order valence-electron chi connectivity index (χ3n) is 4.15. The predicted molar refractivity (Wildman–Crippen MR) is 104 cm³/mol. The Kier molecular flexibility index (Phi) is 5.27. The van der Waals surface area contributed by atoms with E-state index in [9.17, 15) is 4.79 Å². The standard InChI is InChI=1S/C21H22N4O/c1-14(2)17-10-6-16(7-11-17)13-22-25-21(26)20-12-19(23-24-20)18-8-4-15(3)5-9-18/h4-14H,1-3H3,(H,23,24)(H,25,26). The molecule has 3 aromatic rings. The van der Waals surface area contributed by atoms with E-state index < -0.39 is 0 Å². The molecule has 0 bridgehead atoms. The van der Waals surface area contributed by atoms with Crippen molar-refractivity contribution in [3.8, 4) is 11.3 Å². The number of hydrogen-bond donors (Lipinski definition) is 2. The zero-order chi connectivity index (χ0) is 18.5. The lowest BCUT2D eigenvalue weighted by molar-refractivity contribution is 0.0950. The van der Waals surface area contributed by atoms with Crippen molar-refractivity contribution in [1.29, 1.82) is 0 Å². The second-order valence-corrected chi connectivity index (χ2v) is 6.55. The van der Waals surface area contributed by atoms with Crippen LogP contribution in [0.5, 0.6) is 0 Å². The Balaban J connectivity index is 1.62. The van der Waals surface area contributed by atoms with E-state index in [1.165, 1.54) is 11.1 Å². The highest BCUT2D eigenvalue weighted by molar-refractivity contribution is 5.94. The van der Waals surface area contributed by atoms with Gasteiger partial charge in [0.1, 0.15) is 5.69 Å². The Morgan fingerprint density at radius 3 is 2.46 bits per heavy atom. The van der Waals surface area contributed by atoms with Gasteiger partial charge in [-0.25, -0.2) is 5.43 Å². The molecule has 2 N–H and O–H groups in total. The Labute approximate surface area is 153 Å². The fourth-order valence-corrected chi connectivity index (χ4v) is 2.50. The van der Waals surface area contributed by atoms with Crippen LogP contribution in [-0.4, -0.2) is 22.3 Å². The number of hydrazone groups is 1. The molecule has 0 aliphatic heterocycles. The molecule has 0 fully saturated rings. The van der Waals surface area contributed by atoms with E-state index in [1.54, 1.807) is 12.3 Å². The van der Waals surface area contributed by atoms with Crippen molar-refractivity contribution in [3.05, 3.63) is 77.0 Å². The minimum atomic E-state index is -0.328. The second-order valence-electron chi connectivity index (χ2n) is 6.55. The molecule has 1 heterocycles. The molecule has 3 rings (SSSR count). The third-order valence-corrected chi connectivity index (χ3v) is 4.15. The summed E-state index contributed by atoms with van der Waals surface area (Å²) in [5.41, 5.74) is 7.95. The van der Waals surface area contributed by atoms with Crippen LogP contribution in [0, 0.1) is 6.92 Å². The van der Waals surface area contributed by atoms with Crippen LogP contribution in [0.25, 0.3) is 11.3 Å². The van der Waals surface area contributed by atoms with Gasteiger partial charge in [-0.15, -0.1) is 0 Å². The highest BCUT2D eigenvalue weighted by Crippen LogP contribution is 2.18. The van der Waals surface area contributed by atoms with Crippen LogP contribution in [0.4, 0.5) is 0 Å². The van der Waals surface area contributed by atoms with Gasteiger partial charge in [0.25, 0.3) is 5.91 Å². The minimum Gasteiger partial charge on any atom is -0.272 e. The number of amides is 1. The summed E-state index contributed by atoms with van der Waals surface area (Å²) < 4.78 is 0. The Morgan fingerprint density at radius 1 is 1.12 bits per heavy atom. The first-order chi connectivity index (χ1) is 12.5. The van der Waals surface area contributed by atoms with Crippen molar-refractivity contribution >= 4 is 12.1 Å². The number of hydrogen-bond acceptors (Lipinski definition) is 3. The maximum atomic E-state index is 12.2. The van der Waals surface area contributed by atoms with Gasteiger partial charge in [0.2, 0.25) is 0 Å². The quantitative estimate of drug-likeness (QED) is 0.535. The minimum absolute atomic E-state index is 0.328. The second kappa shape index (κ2) is 7.78. The Hall–Kier alpha value is -3.21. The first kappa shape index (κ1) is 17.6. The lowest BCUT2D eigenvalue weighted by Gasteiger charge is -2.04. The summed E-state index contributed by atoms with van der Waals surface area (Å²) in [5.74, 6) is 0.162. The topological polar surface area (TPSA) is 70.1 Å². The zero-order valence-electron chi connectivity index (χ0n) is 15.2. The number of H-pyrrole nitrogens is 1. The van der Waals surface area contributed by atoms with Gasteiger partial charge in [-0.05, 0) is 30.0 Å². The average Bonchev–Trinajstić information content (AvgIpc) is 3.13.